The topological polar surface area (TPSA) is 187 Å². The molecule has 0 unspecified atom stereocenters. The molecule has 0 amide bonds. The molecule has 0 saturated carbocycles. The Morgan fingerprint density at radius 2 is 1.18 bits per heavy atom. The molecule has 296 valence electrons. The Bertz CT molecular complexity index is 2240. The van der Waals surface area contributed by atoms with E-state index in [-0.39, 0.29) is 14.5 Å². The van der Waals surface area contributed by atoms with Crippen molar-refractivity contribution in [1.29, 1.82) is 0 Å². The fourth-order valence-electron chi connectivity index (χ4n) is 4.92. The van der Waals surface area contributed by atoms with Crippen LogP contribution in [0.2, 0.25) is 0 Å². The van der Waals surface area contributed by atoms with Gasteiger partial charge in [0.25, 0.3) is 5.56 Å². The maximum Gasteiger partial charge on any atom is 0.399 e. The lowest BCUT2D eigenvalue weighted by Gasteiger charge is -2.19. The molecule has 0 spiro atoms. The molecule has 5 rings (SSSR count). The highest BCUT2D eigenvalue weighted by molar-refractivity contribution is 9.10. The van der Waals surface area contributed by atoms with E-state index in [2.05, 4.69) is 51.8 Å². The van der Waals surface area contributed by atoms with E-state index in [9.17, 15) is 31.5 Å². The molecule has 5 aromatic rings. The van der Waals surface area contributed by atoms with Gasteiger partial charge in [0.1, 0.15) is 0 Å². The Hall–Kier alpha value is -2.44. The van der Waals surface area contributed by atoms with Crippen LogP contribution in [-0.4, -0.2) is 51.0 Å². The number of benzene rings is 3. The lowest BCUT2D eigenvalue weighted by Crippen LogP contribution is -2.14. The highest BCUT2D eigenvalue weighted by Gasteiger charge is 2.52. The molecule has 0 aliphatic rings. The summed E-state index contributed by atoms with van der Waals surface area (Å²) in [6, 6.07) is 16.8. The second-order valence-corrected chi connectivity index (χ2v) is 19.0. The van der Waals surface area contributed by atoms with Gasteiger partial charge < -0.3 is 24.6 Å². The summed E-state index contributed by atoms with van der Waals surface area (Å²) in [5.74, 6) is 1.57. The van der Waals surface area contributed by atoms with E-state index in [4.69, 9.17) is 19.6 Å². The van der Waals surface area contributed by atoms with Gasteiger partial charge in [-0.15, -0.1) is 0 Å². The summed E-state index contributed by atoms with van der Waals surface area (Å²) in [4.78, 5) is 62.8. The van der Waals surface area contributed by atoms with Crippen LogP contribution in [0.3, 0.4) is 0 Å². The van der Waals surface area contributed by atoms with Crippen molar-refractivity contribution in [3.05, 3.63) is 121 Å². The number of alkyl halides is 4. The molecule has 5 N–H and O–H groups in total. The number of rotatable bonds is 16. The summed E-state index contributed by atoms with van der Waals surface area (Å²) in [5.41, 5.74) is -7.85. The van der Waals surface area contributed by atoms with Crippen LogP contribution in [0, 0.1) is 0 Å². The van der Waals surface area contributed by atoms with E-state index in [1.54, 1.807) is 48.4 Å². The summed E-state index contributed by atoms with van der Waals surface area (Å²) < 4.78 is 77.2. The number of nitrogens with one attached hydrogen (secondary N) is 1. The first kappa shape index (κ1) is 45.3. The van der Waals surface area contributed by atoms with Crippen molar-refractivity contribution in [3.8, 4) is 0 Å². The number of thioether (sulfide) groups is 2. The molecule has 0 fully saturated rings. The first-order valence-corrected chi connectivity index (χ1v) is 23.1. The molecular weight excluding hydrogens is 938 g/mol. The summed E-state index contributed by atoms with van der Waals surface area (Å²) in [6.07, 6.45) is 7.98. The van der Waals surface area contributed by atoms with Crippen molar-refractivity contribution < 1.29 is 46.3 Å². The Balaban J connectivity index is 0.000000249. The van der Waals surface area contributed by atoms with Gasteiger partial charge in [0.15, 0.2) is 10.3 Å². The van der Waals surface area contributed by atoms with Crippen LogP contribution >= 0.6 is 70.6 Å². The summed E-state index contributed by atoms with van der Waals surface area (Å²) in [5, 5.41) is 1.81. The number of H-pyrrole nitrogens is 1. The number of aromatic nitrogens is 4. The Morgan fingerprint density at radius 1 is 0.691 bits per heavy atom. The third-order valence-corrected chi connectivity index (χ3v) is 12.9. The minimum atomic E-state index is -5.61. The lowest BCUT2D eigenvalue weighted by molar-refractivity contribution is 0.0557. The van der Waals surface area contributed by atoms with Gasteiger partial charge in [0.05, 0.1) is 10.9 Å². The van der Waals surface area contributed by atoms with Gasteiger partial charge in [-0.25, -0.2) is 15.0 Å². The number of unbranched alkanes of at least 4 members (excludes halogenated alkanes) is 2. The molecule has 3 aromatic carbocycles. The second-order valence-electron chi connectivity index (χ2n) is 11.8. The van der Waals surface area contributed by atoms with Gasteiger partial charge in [-0.3, -0.25) is 13.9 Å². The molecule has 55 heavy (non-hydrogen) atoms. The molecular formula is C34H34Br2F4N4O7P2S2. The van der Waals surface area contributed by atoms with E-state index in [0.29, 0.717) is 34.1 Å². The Labute approximate surface area is 338 Å². The van der Waals surface area contributed by atoms with E-state index >= 15 is 0 Å². The Kier molecular flexibility index (Phi) is 16.3. The average Bonchev–Trinajstić information content (AvgIpc) is 3.11. The molecule has 2 aromatic heterocycles. The van der Waals surface area contributed by atoms with Crippen LogP contribution < -0.4 is 5.56 Å². The van der Waals surface area contributed by atoms with Gasteiger partial charge in [0, 0.05) is 44.0 Å². The zero-order valence-corrected chi connectivity index (χ0v) is 35.1. The lowest BCUT2D eigenvalue weighted by atomic mass is 10.1. The van der Waals surface area contributed by atoms with Crippen molar-refractivity contribution in [2.75, 3.05) is 11.5 Å². The molecule has 0 saturated heterocycles. The minimum Gasteiger partial charge on any atom is -0.320 e. The number of fused-ring (bicyclic) bond motifs is 1. The van der Waals surface area contributed by atoms with Gasteiger partial charge in [0.2, 0.25) is 0 Å². The van der Waals surface area contributed by atoms with Crippen molar-refractivity contribution in [1.82, 2.24) is 19.9 Å². The number of halogens is 6. The fourth-order valence-corrected chi connectivity index (χ4v) is 9.26. The van der Waals surface area contributed by atoms with Crippen molar-refractivity contribution >= 4 is 81.5 Å². The van der Waals surface area contributed by atoms with Crippen molar-refractivity contribution in [2.24, 2.45) is 0 Å². The number of aromatic amines is 1. The summed E-state index contributed by atoms with van der Waals surface area (Å²) in [6.45, 7) is 0. The number of para-hydroxylation sites is 1. The van der Waals surface area contributed by atoms with Crippen molar-refractivity contribution in [2.45, 2.75) is 60.2 Å². The minimum absolute atomic E-state index is 0.00890. The highest BCUT2D eigenvalue weighted by atomic mass is 79.9. The van der Waals surface area contributed by atoms with Crippen LogP contribution in [0.4, 0.5) is 17.6 Å². The van der Waals surface area contributed by atoms with Gasteiger partial charge in [-0.05, 0) is 80.0 Å². The van der Waals surface area contributed by atoms with E-state index in [0.717, 1.165) is 60.4 Å². The van der Waals surface area contributed by atoms with E-state index in [1.807, 2.05) is 6.07 Å². The number of hydrogen-bond acceptors (Lipinski definition) is 8. The molecule has 0 aliphatic carbocycles. The molecule has 11 nitrogen and oxygen atoms in total. The first-order chi connectivity index (χ1) is 25.8. The number of hydrogen-bond donors (Lipinski definition) is 5. The van der Waals surface area contributed by atoms with Gasteiger partial charge >= 0.3 is 26.5 Å². The third kappa shape index (κ3) is 12.5. The number of nitrogens with zero attached hydrogens (tertiary/aromatic N) is 3. The monoisotopic (exact) mass is 970 g/mol. The van der Waals surface area contributed by atoms with Crippen LogP contribution in [0.1, 0.15) is 47.9 Å². The molecule has 0 bridgehead atoms. The second kappa shape index (κ2) is 19.8. The zero-order valence-electron chi connectivity index (χ0n) is 28.5. The highest BCUT2D eigenvalue weighted by Crippen LogP contribution is 2.61. The first-order valence-electron chi connectivity index (χ1n) is 16.3. The zero-order chi connectivity index (χ0) is 40.4. The van der Waals surface area contributed by atoms with Crippen molar-refractivity contribution in [3.63, 3.8) is 0 Å². The van der Waals surface area contributed by atoms with Gasteiger partial charge in [-0.1, -0.05) is 91.8 Å². The third-order valence-electron chi connectivity index (χ3n) is 7.77. The normalized spacial score (nSPS) is 12.4. The van der Waals surface area contributed by atoms with E-state index < -0.39 is 37.6 Å². The molecule has 0 atom stereocenters. The Morgan fingerprint density at radius 3 is 1.67 bits per heavy atom. The van der Waals surface area contributed by atoms with Crippen LogP contribution in [0.25, 0.3) is 10.9 Å². The average molecular weight is 973 g/mol. The molecule has 0 radical (unpaired) electrons. The van der Waals surface area contributed by atoms with Gasteiger partial charge in [-0.2, -0.15) is 17.6 Å². The standard InChI is InChI=1S/C19H18BrF2N2O4PS.C15H16BrF2N2O3PS/c20-15-11-12(8-9-14(15)19(21,22)29(26,27)28)5-3-4-10-30-18-23-16-7-2-1-6-13(16)17(25)24-18;16-13-10-11(5-6-12(13)15(17,18)24(21,22)23)4-1-2-9-25-14-19-7-3-8-20-14/h1-2,6-9,11H,3-5,10H2,(H,23,24,25)(H2,26,27,28);3,5-8,10H,1-2,4,9H2,(H2,21,22,23). The maximum atomic E-state index is 13.9. The van der Waals surface area contributed by atoms with E-state index in [1.165, 1.54) is 36.0 Å². The summed E-state index contributed by atoms with van der Waals surface area (Å²) in [7, 11) is -11.2. The quantitative estimate of drug-likeness (QED) is 0.0208. The van der Waals surface area contributed by atoms with Crippen LogP contribution in [0.15, 0.2) is 103 Å². The predicted molar refractivity (Wildman–Crippen MR) is 212 cm³/mol. The smallest absolute Gasteiger partial charge is 0.320 e. The largest absolute Gasteiger partial charge is 0.399 e. The SMILES string of the molecule is O=P(O)(O)C(F)(F)c1ccc(CCCCSc2ncccn2)cc1Br.O=c1[nH]c(SCCCCc2ccc(C(F)(F)P(=O)(O)O)c(Br)c2)nc2ccccc12. The maximum absolute atomic E-state index is 13.9. The molecule has 0 aliphatic heterocycles. The fraction of sp³-hybridized carbons (Fsp3) is 0.294. The van der Waals surface area contributed by atoms with Crippen LogP contribution in [-0.2, 0) is 33.3 Å². The molecule has 2 heterocycles. The molecule has 21 heteroatoms. The van der Waals surface area contributed by atoms with Crippen LogP contribution in [0.5, 0.6) is 0 Å². The summed E-state index contributed by atoms with van der Waals surface area (Å²) >= 11 is 8.95. The number of aryl methyl sites for hydroxylation is 2. The predicted octanol–water partition coefficient (Wildman–Crippen LogP) is 9.61.